The van der Waals surface area contributed by atoms with Gasteiger partial charge in [-0.2, -0.15) is 0 Å². The number of unbranched alkanes of at least 4 members (excludes halogenated alkanes) is 2. The molecular weight excluding hydrogens is 376 g/mol. The summed E-state index contributed by atoms with van der Waals surface area (Å²) in [7, 11) is 0. The summed E-state index contributed by atoms with van der Waals surface area (Å²) >= 11 is 0. The summed E-state index contributed by atoms with van der Waals surface area (Å²) in [4.78, 5) is 20.5. The summed E-state index contributed by atoms with van der Waals surface area (Å²) in [5, 5.41) is 10.9. The van der Waals surface area contributed by atoms with Gasteiger partial charge in [-0.1, -0.05) is 57.4 Å². The standard InChI is InChI=1S/C25H32N2O3/c1-3-5-6-11-19(28)16-15-18-10-9-13-21-23(18)26-24(27-25(21)29)20-12-7-8-14-22(20)30-17-4-2/h7-10,12-14,19,28H,3-6,11,15-17H2,1-2H3,(H,26,27,29). The highest BCUT2D eigenvalue weighted by molar-refractivity contribution is 5.83. The minimum absolute atomic E-state index is 0.161. The summed E-state index contributed by atoms with van der Waals surface area (Å²) in [5.41, 5.74) is 2.30. The van der Waals surface area contributed by atoms with Crippen molar-refractivity contribution >= 4 is 10.9 Å². The van der Waals surface area contributed by atoms with Gasteiger partial charge in [0.1, 0.15) is 11.6 Å². The zero-order valence-corrected chi connectivity index (χ0v) is 18.0. The van der Waals surface area contributed by atoms with Crippen molar-refractivity contribution in [2.24, 2.45) is 0 Å². The van der Waals surface area contributed by atoms with E-state index in [1.54, 1.807) is 6.07 Å². The van der Waals surface area contributed by atoms with Gasteiger partial charge >= 0.3 is 0 Å². The van der Waals surface area contributed by atoms with Crippen LogP contribution in [0.5, 0.6) is 5.75 Å². The molecule has 3 rings (SSSR count). The summed E-state index contributed by atoms with van der Waals surface area (Å²) in [6, 6.07) is 13.3. The lowest BCUT2D eigenvalue weighted by Gasteiger charge is -2.13. The van der Waals surface area contributed by atoms with E-state index in [9.17, 15) is 9.90 Å². The Morgan fingerprint density at radius 3 is 2.67 bits per heavy atom. The van der Waals surface area contributed by atoms with Gasteiger partial charge in [-0.25, -0.2) is 4.98 Å². The van der Waals surface area contributed by atoms with Gasteiger partial charge in [0.15, 0.2) is 0 Å². The SMILES string of the molecule is CCCCCC(O)CCc1cccc2c(=O)[nH]c(-c3ccccc3OCCC)nc12. The van der Waals surface area contributed by atoms with Crippen molar-refractivity contribution in [3.05, 3.63) is 58.4 Å². The second kappa shape index (κ2) is 10.9. The summed E-state index contributed by atoms with van der Waals surface area (Å²) in [5.74, 6) is 1.22. The lowest BCUT2D eigenvalue weighted by molar-refractivity contribution is 0.151. The summed E-state index contributed by atoms with van der Waals surface area (Å²) < 4.78 is 5.85. The first-order valence-electron chi connectivity index (χ1n) is 11.1. The number of fused-ring (bicyclic) bond motifs is 1. The van der Waals surface area contributed by atoms with Gasteiger partial charge in [0.05, 0.1) is 29.2 Å². The van der Waals surface area contributed by atoms with Gasteiger partial charge in [-0.05, 0) is 49.4 Å². The molecule has 0 saturated carbocycles. The molecule has 5 heteroatoms. The molecule has 0 fully saturated rings. The first-order chi connectivity index (χ1) is 14.6. The molecule has 30 heavy (non-hydrogen) atoms. The van der Waals surface area contributed by atoms with E-state index in [1.807, 2.05) is 36.4 Å². The van der Waals surface area contributed by atoms with E-state index in [-0.39, 0.29) is 11.7 Å². The summed E-state index contributed by atoms with van der Waals surface area (Å²) in [6.45, 7) is 4.83. The molecule has 2 aromatic carbocycles. The highest BCUT2D eigenvalue weighted by Crippen LogP contribution is 2.28. The number of nitrogens with one attached hydrogen (secondary N) is 1. The maximum Gasteiger partial charge on any atom is 0.259 e. The third-order valence-corrected chi connectivity index (χ3v) is 5.31. The molecule has 2 N–H and O–H groups in total. The number of hydrogen-bond donors (Lipinski definition) is 2. The monoisotopic (exact) mass is 408 g/mol. The molecule has 1 heterocycles. The number of para-hydroxylation sites is 2. The molecule has 0 bridgehead atoms. The number of benzene rings is 2. The smallest absolute Gasteiger partial charge is 0.259 e. The van der Waals surface area contributed by atoms with Crippen molar-refractivity contribution in [2.75, 3.05) is 6.61 Å². The lowest BCUT2D eigenvalue weighted by atomic mass is 10.0. The number of aromatic amines is 1. The van der Waals surface area contributed by atoms with Crippen LogP contribution in [0, 0.1) is 0 Å². The van der Waals surface area contributed by atoms with Crippen molar-refractivity contribution in [1.29, 1.82) is 0 Å². The van der Waals surface area contributed by atoms with Gasteiger partial charge in [-0.3, -0.25) is 4.79 Å². The molecule has 1 aromatic heterocycles. The second-order valence-corrected chi connectivity index (χ2v) is 7.76. The second-order valence-electron chi connectivity index (χ2n) is 7.76. The van der Waals surface area contributed by atoms with E-state index in [2.05, 4.69) is 18.8 Å². The maximum atomic E-state index is 12.8. The van der Waals surface area contributed by atoms with Gasteiger partial charge in [0.2, 0.25) is 0 Å². The fourth-order valence-corrected chi connectivity index (χ4v) is 3.65. The van der Waals surface area contributed by atoms with Crippen molar-refractivity contribution in [1.82, 2.24) is 9.97 Å². The highest BCUT2D eigenvalue weighted by atomic mass is 16.5. The van der Waals surface area contributed by atoms with Crippen LogP contribution in [0.15, 0.2) is 47.3 Å². The van der Waals surface area contributed by atoms with Crippen LogP contribution in [0.3, 0.4) is 0 Å². The number of ether oxygens (including phenoxy) is 1. The molecule has 0 aliphatic carbocycles. The lowest BCUT2D eigenvalue weighted by Crippen LogP contribution is -2.12. The number of H-pyrrole nitrogens is 1. The van der Waals surface area contributed by atoms with E-state index in [1.165, 1.54) is 0 Å². The highest BCUT2D eigenvalue weighted by Gasteiger charge is 2.14. The average molecular weight is 409 g/mol. The van der Waals surface area contributed by atoms with Gasteiger partial charge in [0, 0.05) is 0 Å². The Hall–Kier alpha value is -2.66. The van der Waals surface area contributed by atoms with Crippen LogP contribution in [0.1, 0.15) is 57.9 Å². The van der Waals surface area contributed by atoms with E-state index >= 15 is 0 Å². The number of hydrogen-bond acceptors (Lipinski definition) is 4. The van der Waals surface area contributed by atoms with Crippen molar-refractivity contribution in [3.8, 4) is 17.1 Å². The van der Waals surface area contributed by atoms with Gasteiger partial charge < -0.3 is 14.8 Å². The van der Waals surface area contributed by atoms with Gasteiger partial charge in [-0.15, -0.1) is 0 Å². The zero-order valence-electron chi connectivity index (χ0n) is 18.0. The predicted molar refractivity (Wildman–Crippen MR) is 122 cm³/mol. The number of aliphatic hydroxyl groups is 1. The van der Waals surface area contributed by atoms with Crippen LogP contribution in [0.25, 0.3) is 22.3 Å². The van der Waals surface area contributed by atoms with Crippen LogP contribution in [0.2, 0.25) is 0 Å². The summed E-state index contributed by atoms with van der Waals surface area (Å²) in [6.07, 6.45) is 6.10. The quantitative estimate of drug-likeness (QED) is 0.425. The van der Waals surface area contributed by atoms with Crippen LogP contribution in [0.4, 0.5) is 0 Å². The molecule has 1 unspecified atom stereocenters. The molecule has 0 aliphatic rings. The number of nitrogens with zero attached hydrogens (tertiary/aromatic N) is 1. The van der Waals surface area contributed by atoms with E-state index in [4.69, 9.17) is 9.72 Å². The van der Waals surface area contributed by atoms with Gasteiger partial charge in [0.25, 0.3) is 5.56 Å². The number of aryl methyl sites for hydroxylation is 1. The molecule has 160 valence electrons. The van der Waals surface area contributed by atoms with Crippen molar-refractivity contribution < 1.29 is 9.84 Å². The molecule has 0 aliphatic heterocycles. The molecule has 0 amide bonds. The third-order valence-electron chi connectivity index (χ3n) is 5.31. The Labute approximate surface area is 178 Å². The van der Waals surface area contributed by atoms with Crippen LogP contribution < -0.4 is 10.3 Å². The molecular formula is C25H32N2O3. The molecule has 0 radical (unpaired) electrons. The molecule has 1 atom stereocenters. The van der Waals surface area contributed by atoms with E-state index in [0.29, 0.717) is 41.9 Å². The third kappa shape index (κ3) is 5.48. The Kier molecular flexibility index (Phi) is 8.03. The maximum absolute atomic E-state index is 12.8. The average Bonchev–Trinajstić information content (AvgIpc) is 2.76. The first kappa shape index (κ1) is 22.0. The minimum Gasteiger partial charge on any atom is -0.493 e. The molecule has 5 nitrogen and oxygen atoms in total. The van der Waals surface area contributed by atoms with Crippen molar-refractivity contribution in [3.63, 3.8) is 0 Å². The Balaban J connectivity index is 1.91. The first-order valence-corrected chi connectivity index (χ1v) is 11.1. The van der Waals surface area contributed by atoms with Crippen LogP contribution in [-0.2, 0) is 6.42 Å². The minimum atomic E-state index is -0.323. The van der Waals surface area contributed by atoms with Crippen molar-refractivity contribution in [2.45, 2.75) is 64.9 Å². The normalized spacial score (nSPS) is 12.2. The zero-order chi connectivity index (χ0) is 21.3. The number of rotatable bonds is 11. The number of aliphatic hydroxyl groups excluding tert-OH is 1. The van der Waals surface area contributed by atoms with E-state index in [0.717, 1.165) is 43.2 Å². The largest absolute Gasteiger partial charge is 0.493 e. The fraction of sp³-hybridized carbons (Fsp3) is 0.440. The van der Waals surface area contributed by atoms with Crippen LogP contribution in [-0.4, -0.2) is 27.8 Å². The Morgan fingerprint density at radius 2 is 1.87 bits per heavy atom. The Bertz CT molecular complexity index is 1010. The van der Waals surface area contributed by atoms with Crippen LogP contribution >= 0.6 is 0 Å². The topological polar surface area (TPSA) is 75.2 Å². The Morgan fingerprint density at radius 1 is 1.03 bits per heavy atom. The predicted octanol–water partition coefficient (Wildman–Crippen LogP) is 5.25. The molecule has 0 spiro atoms. The number of aromatic nitrogens is 2. The molecule has 3 aromatic rings. The van der Waals surface area contributed by atoms with E-state index < -0.39 is 0 Å². The molecule has 0 saturated heterocycles. The fourth-order valence-electron chi connectivity index (χ4n) is 3.65.